The fourth-order valence-electron chi connectivity index (χ4n) is 1.42. The lowest BCUT2D eigenvalue weighted by atomic mass is 9.89. The third kappa shape index (κ3) is 3.09. The maximum atomic E-state index is 11.0. The molecule has 1 aliphatic heterocycles. The normalized spacial score (nSPS) is 25.6. The van der Waals surface area contributed by atoms with Crippen LogP contribution in [0.3, 0.4) is 0 Å². The second-order valence-electron chi connectivity index (χ2n) is 5.03. The van der Waals surface area contributed by atoms with E-state index in [4.69, 9.17) is 9.31 Å². The summed E-state index contributed by atoms with van der Waals surface area (Å²) in [7, 11) is -1.45. The van der Waals surface area contributed by atoms with Crippen molar-refractivity contribution in [1.29, 1.82) is 0 Å². The molecule has 0 aromatic rings. The minimum atomic E-state index is -1.06. The van der Waals surface area contributed by atoms with Crippen LogP contribution in [0, 0.1) is 0 Å². The zero-order valence-corrected chi connectivity index (χ0v) is 11.6. The molecule has 1 unspecified atom stereocenters. The third-order valence-electron chi connectivity index (χ3n) is 2.96. The second-order valence-corrected chi connectivity index (χ2v) is 6.14. The van der Waals surface area contributed by atoms with E-state index in [1.807, 2.05) is 34.6 Å². The number of hydrogen-bond acceptors (Lipinski definition) is 3. The average molecular weight is 245 g/mol. The summed E-state index contributed by atoms with van der Waals surface area (Å²) >= 11 is 0. The summed E-state index contributed by atoms with van der Waals surface area (Å²) < 4.78 is 25.3. The molecule has 92 valence electrons. The molecule has 4 nitrogen and oxygen atoms in total. The van der Waals surface area contributed by atoms with Gasteiger partial charge in [-0.3, -0.25) is 0 Å². The Morgan fingerprint density at radius 2 is 1.69 bits per heavy atom. The summed E-state index contributed by atoms with van der Waals surface area (Å²) in [5, 5.41) is 0. The van der Waals surface area contributed by atoms with Gasteiger partial charge in [-0.15, -0.1) is 0 Å². The van der Waals surface area contributed by atoms with Crippen LogP contribution in [0.1, 0.15) is 34.6 Å². The Hall–Kier alpha value is -0.325. The van der Waals surface area contributed by atoms with E-state index in [1.54, 1.807) is 12.2 Å². The van der Waals surface area contributed by atoms with Crippen LogP contribution in [-0.2, 0) is 20.3 Å². The molecule has 1 atom stereocenters. The number of hydrogen-bond donors (Lipinski definition) is 1. The molecule has 1 fully saturated rings. The van der Waals surface area contributed by atoms with Gasteiger partial charge in [-0.05, 0) is 40.6 Å². The Bertz CT molecular complexity index is 312. The molecule has 1 heterocycles. The minimum absolute atomic E-state index is 0.334. The number of nitrogens with one attached hydrogen (secondary N) is 1. The molecule has 0 amide bonds. The predicted octanol–water partition coefficient (Wildman–Crippen LogP) is 1.40. The monoisotopic (exact) mass is 245 g/mol. The molecular formula is C10H20BNO3S. The smallest absolute Gasteiger partial charge is 0.400 e. The summed E-state index contributed by atoms with van der Waals surface area (Å²) in [6.45, 7) is 9.85. The molecule has 0 saturated carbocycles. The van der Waals surface area contributed by atoms with Crippen LogP contribution in [0.25, 0.3) is 0 Å². The van der Waals surface area contributed by atoms with Gasteiger partial charge in [0.2, 0.25) is 0 Å². The molecule has 0 radical (unpaired) electrons. The summed E-state index contributed by atoms with van der Waals surface area (Å²) in [5.74, 6) is 1.80. The van der Waals surface area contributed by atoms with Gasteiger partial charge in [-0.1, -0.05) is 0 Å². The Kier molecular flexibility index (Phi) is 3.87. The molecule has 0 spiro atoms. The Morgan fingerprint density at radius 1 is 1.25 bits per heavy atom. The van der Waals surface area contributed by atoms with Crippen LogP contribution in [0.2, 0.25) is 0 Å². The maximum absolute atomic E-state index is 11.0. The zero-order chi connectivity index (χ0) is 12.6. The van der Waals surface area contributed by atoms with Gasteiger partial charge < -0.3 is 14.0 Å². The fourth-order valence-corrected chi connectivity index (χ4v) is 1.94. The van der Waals surface area contributed by atoms with Crippen LogP contribution in [0.15, 0.2) is 11.7 Å². The molecule has 16 heavy (non-hydrogen) atoms. The van der Waals surface area contributed by atoms with E-state index in [2.05, 4.69) is 4.72 Å². The zero-order valence-electron chi connectivity index (χ0n) is 10.8. The number of rotatable bonds is 3. The first-order valence-corrected chi connectivity index (χ1v) is 6.84. The maximum Gasteiger partial charge on any atom is 0.488 e. The highest BCUT2D eigenvalue weighted by Crippen LogP contribution is 2.36. The first kappa shape index (κ1) is 13.7. The van der Waals surface area contributed by atoms with E-state index < -0.39 is 11.0 Å². The van der Waals surface area contributed by atoms with Crippen LogP contribution in [0.5, 0.6) is 0 Å². The topological polar surface area (TPSA) is 47.6 Å². The lowest BCUT2D eigenvalue weighted by Crippen LogP contribution is -2.41. The molecule has 1 N–H and O–H groups in total. The third-order valence-corrected chi connectivity index (χ3v) is 3.57. The molecule has 0 aromatic carbocycles. The molecule has 6 heteroatoms. The van der Waals surface area contributed by atoms with Crippen LogP contribution in [0.4, 0.5) is 0 Å². The lowest BCUT2D eigenvalue weighted by Gasteiger charge is -2.32. The molecular weight excluding hydrogens is 225 g/mol. The first-order chi connectivity index (χ1) is 7.14. The molecule has 1 saturated heterocycles. The highest BCUT2D eigenvalue weighted by atomic mass is 32.2. The van der Waals surface area contributed by atoms with Crippen LogP contribution >= 0.6 is 0 Å². The van der Waals surface area contributed by atoms with E-state index in [1.165, 1.54) is 0 Å². The lowest BCUT2D eigenvalue weighted by molar-refractivity contribution is 0.00578. The van der Waals surface area contributed by atoms with Gasteiger partial charge in [-0.2, -0.15) is 0 Å². The standard InChI is InChI=1S/C10H20BNO3S/c1-8(12-16(6)13)7-11-14-9(2,3)10(4,5)15-11/h7,12H,1-6H3/b8-7-. The van der Waals surface area contributed by atoms with Crippen molar-refractivity contribution in [3.63, 3.8) is 0 Å². The second kappa shape index (κ2) is 4.51. The minimum Gasteiger partial charge on any atom is -0.400 e. The Morgan fingerprint density at radius 3 is 2.06 bits per heavy atom. The summed E-state index contributed by atoms with van der Waals surface area (Å²) in [6.07, 6.45) is 1.58. The summed E-state index contributed by atoms with van der Waals surface area (Å²) in [5.41, 5.74) is 0.124. The van der Waals surface area contributed by atoms with E-state index in [9.17, 15) is 4.21 Å². The van der Waals surface area contributed by atoms with E-state index in [0.29, 0.717) is 0 Å². The van der Waals surface area contributed by atoms with Crippen molar-refractivity contribution >= 4 is 18.1 Å². The SMILES string of the molecule is C/C(=C/B1OC(C)(C)C(C)(C)O1)NS(C)=O. The van der Waals surface area contributed by atoms with Gasteiger partial charge >= 0.3 is 7.12 Å². The van der Waals surface area contributed by atoms with Gasteiger partial charge in [0, 0.05) is 12.0 Å². The molecule has 1 aliphatic rings. The van der Waals surface area contributed by atoms with E-state index in [-0.39, 0.29) is 18.3 Å². The molecule has 0 aromatic heterocycles. The van der Waals surface area contributed by atoms with Gasteiger partial charge in [-0.25, -0.2) is 4.21 Å². The first-order valence-electron chi connectivity index (χ1n) is 5.28. The van der Waals surface area contributed by atoms with Crippen molar-refractivity contribution < 1.29 is 13.5 Å². The number of allylic oxidation sites excluding steroid dienone is 1. The highest BCUT2D eigenvalue weighted by molar-refractivity contribution is 7.82. The van der Waals surface area contributed by atoms with Crippen molar-refractivity contribution in [2.45, 2.75) is 45.8 Å². The van der Waals surface area contributed by atoms with Crippen LogP contribution in [-0.4, -0.2) is 28.8 Å². The van der Waals surface area contributed by atoms with E-state index >= 15 is 0 Å². The Balaban J connectivity index is 2.70. The van der Waals surface area contributed by atoms with Gasteiger partial charge in [0.1, 0.15) is 11.0 Å². The van der Waals surface area contributed by atoms with Crippen molar-refractivity contribution in [3.05, 3.63) is 11.7 Å². The quantitative estimate of drug-likeness (QED) is 0.764. The predicted molar refractivity (Wildman–Crippen MR) is 67.0 cm³/mol. The van der Waals surface area contributed by atoms with Gasteiger partial charge in [0.15, 0.2) is 0 Å². The van der Waals surface area contributed by atoms with Crippen molar-refractivity contribution in [2.24, 2.45) is 0 Å². The fraction of sp³-hybridized carbons (Fsp3) is 0.800. The van der Waals surface area contributed by atoms with Crippen molar-refractivity contribution in [2.75, 3.05) is 6.26 Å². The summed E-state index contributed by atoms with van der Waals surface area (Å²) in [4.78, 5) is 0. The van der Waals surface area contributed by atoms with Crippen molar-refractivity contribution in [1.82, 2.24) is 4.72 Å². The Labute approximate surface area is 101 Å². The molecule has 0 bridgehead atoms. The molecule has 1 rings (SSSR count). The van der Waals surface area contributed by atoms with E-state index in [0.717, 1.165) is 5.70 Å². The van der Waals surface area contributed by atoms with Crippen molar-refractivity contribution in [3.8, 4) is 0 Å². The average Bonchev–Trinajstić information content (AvgIpc) is 2.16. The summed E-state index contributed by atoms with van der Waals surface area (Å²) in [6, 6.07) is 0. The van der Waals surface area contributed by atoms with Gasteiger partial charge in [0.05, 0.1) is 11.2 Å². The highest BCUT2D eigenvalue weighted by Gasteiger charge is 2.50. The van der Waals surface area contributed by atoms with Crippen LogP contribution < -0.4 is 4.72 Å². The largest absolute Gasteiger partial charge is 0.488 e. The molecule has 0 aliphatic carbocycles. The van der Waals surface area contributed by atoms with Gasteiger partial charge in [0.25, 0.3) is 0 Å².